The van der Waals surface area contributed by atoms with Crippen LogP contribution in [0, 0.1) is 5.92 Å². The molecule has 0 spiro atoms. The molecule has 4 heteroatoms. The van der Waals surface area contributed by atoms with Crippen LogP contribution in [0.5, 0.6) is 0 Å². The van der Waals surface area contributed by atoms with Crippen LogP contribution in [0.4, 0.5) is 0 Å². The van der Waals surface area contributed by atoms with Gasteiger partial charge in [0.2, 0.25) is 0 Å². The Hall–Kier alpha value is -0.943. The number of allylic oxidation sites excluding steroid dienone is 1. The highest BCUT2D eigenvalue weighted by molar-refractivity contribution is 6.91. The quantitative estimate of drug-likeness (QED) is 0.441. The lowest BCUT2D eigenvalue weighted by atomic mass is 10.0. The topological polar surface area (TPSA) is 60.7 Å². The zero-order valence-electron chi connectivity index (χ0n) is 11.5. The van der Waals surface area contributed by atoms with E-state index in [1.54, 1.807) is 0 Å². The summed E-state index contributed by atoms with van der Waals surface area (Å²) in [4.78, 5) is 0. The van der Waals surface area contributed by atoms with E-state index >= 15 is 0 Å². The van der Waals surface area contributed by atoms with Crippen molar-refractivity contribution in [1.82, 2.24) is 0 Å². The van der Waals surface area contributed by atoms with E-state index in [1.165, 1.54) is 5.19 Å². The van der Waals surface area contributed by atoms with Gasteiger partial charge < -0.3 is 15.3 Å². The van der Waals surface area contributed by atoms with Crippen molar-refractivity contribution in [3.8, 4) is 0 Å². The Bertz CT molecular complexity index is 454. The van der Waals surface area contributed by atoms with Gasteiger partial charge in [0, 0.05) is 5.92 Å². The van der Waals surface area contributed by atoms with E-state index in [0.29, 0.717) is 0 Å². The smallest absolute Gasteiger partial charge is 0.158 e. The monoisotopic (exact) mass is 278 g/mol. The molecule has 0 saturated carbocycles. The Morgan fingerprint density at radius 3 is 2.37 bits per heavy atom. The van der Waals surface area contributed by atoms with Gasteiger partial charge >= 0.3 is 0 Å². The second-order valence-corrected chi connectivity index (χ2v) is 10.6. The molecule has 1 aromatic carbocycles. The molecule has 0 bridgehead atoms. The van der Waals surface area contributed by atoms with Crippen LogP contribution in [0.1, 0.15) is 6.42 Å². The summed E-state index contributed by atoms with van der Waals surface area (Å²) < 4.78 is 0. The van der Waals surface area contributed by atoms with E-state index < -0.39 is 14.4 Å². The van der Waals surface area contributed by atoms with Gasteiger partial charge in [-0.05, 0) is 17.5 Å². The van der Waals surface area contributed by atoms with Crippen molar-refractivity contribution < 1.29 is 15.3 Å². The van der Waals surface area contributed by atoms with E-state index in [9.17, 15) is 15.3 Å². The molecule has 0 aromatic heterocycles. The highest BCUT2D eigenvalue weighted by atomic mass is 28.3. The number of benzene rings is 1. The summed E-state index contributed by atoms with van der Waals surface area (Å²) in [7, 11) is -1.81. The highest BCUT2D eigenvalue weighted by Crippen LogP contribution is 2.44. The first-order valence-corrected chi connectivity index (χ1v) is 9.77. The Morgan fingerprint density at radius 1 is 1.21 bits per heavy atom. The summed E-state index contributed by atoms with van der Waals surface area (Å²) in [6.07, 6.45) is 1.42. The number of hydrogen-bond acceptors (Lipinski definition) is 3. The molecule has 0 amide bonds. The van der Waals surface area contributed by atoms with Crippen molar-refractivity contribution in [2.45, 2.75) is 31.3 Å². The number of rotatable bonds is 4. The normalized spacial score (nSPS) is 23.8. The SMILES string of the molecule is C[Si](C)(c1ccccc1)[C@H]1CC=C(CO)[C@@H]1C(O)O. The predicted molar refractivity (Wildman–Crippen MR) is 78.8 cm³/mol. The van der Waals surface area contributed by atoms with Crippen molar-refractivity contribution >= 4 is 13.3 Å². The molecule has 0 radical (unpaired) electrons. The van der Waals surface area contributed by atoms with E-state index in [1.807, 2.05) is 24.3 Å². The molecule has 0 aliphatic heterocycles. The molecule has 19 heavy (non-hydrogen) atoms. The standard InChI is InChI=1S/C15H22O3Si/c1-19(2,12-6-4-3-5-7-12)13-9-8-11(10-16)14(13)15(17)18/h3-8,13-18H,9-10H2,1-2H3/t13-,14-/m0/s1. The van der Waals surface area contributed by atoms with Gasteiger partial charge in [-0.3, -0.25) is 0 Å². The van der Waals surface area contributed by atoms with Crippen LogP contribution >= 0.6 is 0 Å². The maximum atomic E-state index is 9.66. The Labute approximate surface area is 115 Å². The van der Waals surface area contributed by atoms with E-state index in [4.69, 9.17) is 0 Å². The maximum Gasteiger partial charge on any atom is 0.158 e. The molecular weight excluding hydrogens is 256 g/mol. The minimum atomic E-state index is -1.81. The lowest BCUT2D eigenvalue weighted by Crippen LogP contribution is -2.49. The van der Waals surface area contributed by atoms with Gasteiger partial charge in [0.15, 0.2) is 6.29 Å². The minimum Gasteiger partial charge on any atom is -0.392 e. The summed E-state index contributed by atoms with van der Waals surface area (Å²) in [5.74, 6) is -0.327. The lowest BCUT2D eigenvalue weighted by Gasteiger charge is -2.36. The van der Waals surface area contributed by atoms with Gasteiger partial charge in [-0.15, -0.1) is 0 Å². The average molecular weight is 278 g/mol. The van der Waals surface area contributed by atoms with Gasteiger partial charge in [-0.25, -0.2) is 0 Å². The molecule has 0 saturated heterocycles. The lowest BCUT2D eigenvalue weighted by molar-refractivity contribution is -0.0745. The summed E-state index contributed by atoms with van der Waals surface area (Å²) in [6.45, 7) is 4.44. The molecule has 1 aromatic rings. The Balaban J connectivity index is 2.31. The van der Waals surface area contributed by atoms with Crippen LogP contribution in [0.3, 0.4) is 0 Å². The van der Waals surface area contributed by atoms with Gasteiger partial charge in [0.25, 0.3) is 0 Å². The zero-order chi connectivity index (χ0) is 14.0. The van der Waals surface area contributed by atoms with Crippen LogP contribution in [0.2, 0.25) is 18.6 Å². The fourth-order valence-electron chi connectivity index (χ4n) is 3.21. The van der Waals surface area contributed by atoms with Gasteiger partial charge in [0.1, 0.15) is 0 Å². The molecule has 2 rings (SSSR count). The summed E-state index contributed by atoms with van der Waals surface area (Å²) >= 11 is 0. The summed E-state index contributed by atoms with van der Waals surface area (Å²) in [5.41, 5.74) is 0.994. The first-order chi connectivity index (χ1) is 8.98. The molecule has 1 aliphatic carbocycles. The minimum absolute atomic E-state index is 0.0853. The predicted octanol–water partition coefficient (Wildman–Crippen LogP) is 1.22. The second kappa shape index (κ2) is 5.59. The van der Waals surface area contributed by atoms with Crippen LogP contribution in [0.25, 0.3) is 0 Å². The van der Waals surface area contributed by atoms with Crippen LogP contribution < -0.4 is 5.19 Å². The fraction of sp³-hybridized carbons (Fsp3) is 0.467. The second-order valence-electron chi connectivity index (χ2n) is 5.81. The van der Waals surface area contributed by atoms with Gasteiger partial charge in [0.05, 0.1) is 14.7 Å². The van der Waals surface area contributed by atoms with Gasteiger partial charge in [-0.2, -0.15) is 0 Å². The van der Waals surface area contributed by atoms with Crippen molar-refractivity contribution in [1.29, 1.82) is 0 Å². The third kappa shape index (κ3) is 2.67. The summed E-state index contributed by atoms with van der Waals surface area (Å²) in [5, 5.41) is 30.0. The largest absolute Gasteiger partial charge is 0.392 e. The first-order valence-electron chi connectivity index (χ1n) is 6.70. The number of aliphatic hydroxyl groups is 3. The molecule has 0 heterocycles. The molecule has 2 atom stereocenters. The van der Waals surface area contributed by atoms with Crippen molar-refractivity contribution in [2.75, 3.05) is 6.61 Å². The molecule has 3 nitrogen and oxygen atoms in total. The molecular formula is C15H22O3Si. The van der Waals surface area contributed by atoms with Crippen molar-refractivity contribution in [3.63, 3.8) is 0 Å². The Kier molecular flexibility index (Phi) is 4.25. The van der Waals surface area contributed by atoms with E-state index in [0.717, 1.165) is 12.0 Å². The fourth-order valence-corrected chi connectivity index (χ4v) is 6.68. The van der Waals surface area contributed by atoms with Crippen LogP contribution in [-0.4, -0.2) is 36.3 Å². The van der Waals surface area contributed by atoms with Crippen molar-refractivity contribution in [3.05, 3.63) is 42.0 Å². The Morgan fingerprint density at radius 2 is 1.84 bits per heavy atom. The van der Waals surface area contributed by atoms with E-state index in [2.05, 4.69) is 25.2 Å². The van der Waals surface area contributed by atoms with E-state index in [-0.39, 0.29) is 18.1 Å². The molecule has 104 valence electrons. The number of aliphatic hydroxyl groups excluding tert-OH is 2. The molecule has 1 aliphatic rings. The maximum absolute atomic E-state index is 9.66. The third-order valence-electron chi connectivity index (χ3n) is 4.44. The summed E-state index contributed by atoms with van der Waals surface area (Å²) in [6, 6.07) is 10.3. The van der Waals surface area contributed by atoms with Gasteiger partial charge in [-0.1, -0.05) is 54.7 Å². The third-order valence-corrected chi connectivity index (χ3v) is 8.71. The molecule has 3 N–H and O–H groups in total. The highest BCUT2D eigenvalue weighted by Gasteiger charge is 2.44. The molecule has 0 fully saturated rings. The first kappa shape index (κ1) is 14.5. The average Bonchev–Trinajstić information content (AvgIpc) is 2.84. The van der Waals surface area contributed by atoms with Crippen LogP contribution in [-0.2, 0) is 0 Å². The molecule has 0 unspecified atom stereocenters. The number of hydrogen-bond donors (Lipinski definition) is 3. The van der Waals surface area contributed by atoms with Crippen LogP contribution in [0.15, 0.2) is 42.0 Å². The zero-order valence-corrected chi connectivity index (χ0v) is 12.5. The van der Waals surface area contributed by atoms with Crippen molar-refractivity contribution in [2.24, 2.45) is 5.92 Å².